The number of rotatable bonds is 1. The SMILES string of the molecule is NC(=O)c1nc(C(Cl)(Cl)Cl)no1.c1cc2cc-2c1. The molecule has 2 aliphatic carbocycles. The van der Waals surface area contributed by atoms with Gasteiger partial charge in [0.1, 0.15) is 0 Å². The Balaban J connectivity index is 0.000000164. The van der Waals surface area contributed by atoms with Gasteiger partial charge in [-0.1, -0.05) is 58.2 Å². The van der Waals surface area contributed by atoms with Crippen molar-refractivity contribution in [3.63, 3.8) is 0 Å². The van der Waals surface area contributed by atoms with Crippen LogP contribution in [0.5, 0.6) is 0 Å². The van der Waals surface area contributed by atoms with Gasteiger partial charge in [-0.15, -0.1) is 0 Å². The summed E-state index contributed by atoms with van der Waals surface area (Å²) in [7, 11) is 0. The number of nitrogens with zero attached hydrogens (tertiary/aromatic N) is 2. The van der Waals surface area contributed by atoms with Crippen LogP contribution in [0.4, 0.5) is 0 Å². The molecule has 0 aliphatic heterocycles. The van der Waals surface area contributed by atoms with Crippen molar-refractivity contribution >= 4 is 40.7 Å². The predicted molar refractivity (Wildman–Crippen MR) is 67.5 cm³/mol. The van der Waals surface area contributed by atoms with E-state index in [0.29, 0.717) is 0 Å². The molecule has 8 heteroatoms. The summed E-state index contributed by atoms with van der Waals surface area (Å²) in [5.41, 5.74) is 7.66. The van der Waals surface area contributed by atoms with Crippen LogP contribution in [-0.4, -0.2) is 16.0 Å². The summed E-state index contributed by atoms with van der Waals surface area (Å²) in [4.78, 5) is 13.9. The van der Waals surface area contributed by atoms with Gasteiger partial charge in [-0.25, -0.2) is 0 Å². The molecule has 2 N–H and O–H groups in total. The summed E-state index contributed by atoms with van der Waals surface area (Å²) >= 11 is 16.1. The Bertz CT molecular complexity index is 575. The van der Waals surface area contributed by atoms with Gasteiger partial charge in [0.25, 0.3) is 3.79 Å². The van der Waals surface area contributed by atoms with E-state index < -0.39 is 15.6 Å². The molecule has 94 valence electrons. The van der Waals surface area contributed by atoms with Gasteiger partial charge in [0.2, 0.25) is 5.82 Å². The number of aromatic nitrogens is 2. The summed E-state index contributed by atoms with van der Waals surface area (Å²) in [5, 5.41) is 3.23. The van der Waals surface area contributed by atoms with E-state index in [9.17, 15) is 4.79 Å². The number of amides is 1. The smallest absolute Gasteiger partial charge is 0.315 e. The van der Waals surface area contributed by atoms with E-state index in [1.807, 2.05) is 0 Å². The Morgan fingerprint density at radius 3 is 2.11 bits per heavy atom. The molecule has 0 saturated heterocycles. The molecule has 18 heavy (non-hydrogen) atoms. The molecule has 0 unspecified atom stereocenters. The maximum atomic E-state index is 10.4. The first-order valence-corrected chi connectivity index (χ1v) is 5.82. The van der Waals surface area contributed by atoms with Crippen LogP contribution in [0.15, 0.2) is 28.8 Å². The van der Waals surface area contributed by atoms with E-state index in [1.165, 1.54) is 11.1 Å². The van der Waals surface area contributed by atoms with Crippen molar-refractivity contribution in [3.05, 3.63) is 36.0 Å². The first kappa shape index (κ1) is 13.1. The van der Waals surface area contributed by atoms with Crippen LogP contribution in [0.3, 0.4) is 0 Å². The second-order valence-corrected chi connectivity index (χ2v) is 5.65. The van der Waals surface area contributed by atoms with Crippen LogP contribution in [0.2, 0.25) is 0 Å². The van der Waals surface area contributed by atoms with E-state index >= 15 is 0 Å². The van der Waals surface area contributed by atoms with Crippen molar-refractivity contribution < 1.29 is 9.32 Å². The number of fused-ring (bicyclic) bond motifs is 1. The molecule has 0 fully saturated rings. The zero-order valence-electron chi connectivity index (χ0n) is 8.73. The molecule has 0 bridgehead atoms. The molecule has 0 saturated carbocycles. The van der Waals surface area contributed by atoms with Gasteiger partial charge in [-0.2, -0.15) is 4.98 Å². The van der Waals surface area contributed by atoms with Gasteiger partial charge in [0.05, 0.1) is 0 Å². The molecule has 5 nitrogen and oxygen atoms in total. The van der Waals surface area contributed by atoms with Crippen molar-refractivity contribution in [2.75, 3.05) is 0 Å². The normalized spacial score (nSPS) is 11.5. The molecule has 0 atom stereocenters. The molecule has 1 heterocycles. The van der Waals surface area contributed by atoms with Gasteiger partial charge in [-0.05, 0) is 17.2 Å². The third-order valence-corrected chi connectivity index (χ3v) is 2.51. The minimum atomic E-state index is -1.81. The molecule has 2 aliphatic rings. The van der Waals surface area contributed by atoms with Crippen LogP contribution >= 0.6 is 34.8 Å². The summed E-state index contributed by atoms with van der Waals surface area (Å²) < 4.78 is 2.56. The van der Waals surface area contributed by atoms with Crippen molar-refractivity contribution in [1.29, 1.82) is 0 Å². The molecule has 0 aromatic carbocycles. The maximum absolute atomic E-state index is 10.4. The summed E-state index contributed by atoms with van der Waals surface area (Å²) in [5.74, 6) is -1.49. The van der Waals surface area contributed by atoms with Gasteiger partial charge in [0.15, 0.2) is 0 Å². The molecular weight excluding hydrogens is 300 g/mol. The third kappa shape index (κ3) is 3.13. The molecule has 1 amide bonds. The average Bonchev–Trinajstić information content (AvgIpc) is 2.74. The number of alkyl halides is 3. The number of hydrogen-bond acceptors (Lipinski definition) is 4. The highest BCUT2D eigenvalue weighted by molar-refractivity contribution is 6.66. The van der Waals surface area contributed by atoms with Gasteiger partial charge in [-0.3, -0.25) is 4.79 Å². The lowest BCUT2D eigenvalue weighted by Crippen LogP contribution is -2.12. The first-order valence-electron chi connectivity index (χ1n) is 4.69. The Kier molecular flexibility index (Phi) is 3.47. The topological polar surface area (TPSA) is 82.0 Å². The van der Waals surface area contributed by atoms with Crippen molar-refractivity contribution in [3.8, 4) is 11.1 Å². The molecule has 0 radical (unpaired) electrons. The van der Waals surface area contributed by atoms with E-state index in [2.05, 4.69) is 38.9 Å². The van der Waals surface area contributed by atoms with E-state index in [4.69, 9.17) is 40.5 Å². The minimum Gasteiger partial charge on any atom is -0.361 e. The maximum Gasteiger partial charge on any atom is 0.315 e. The lowest BCUT2D eigenvalue weighted by molar-refractivity contribution is 0.0958. The van der Waals surface area contributed by atoms with Gasteiger partial charge < -0.3 is 10.3 Å². The third-order valence-electron chi connectivity index (χ3n) is 2.00. The molecule has 3 rings (SSSR count). The van der Waals surface area contributed by atoms with E-state index in [-0.39, 0.29) is 5.82 Å². The van der Waals surface area contributed by atoms with Gasteiger partial charge in [0, 0.05) is 0 Å². The minimum absolute atomic E-state index is 0.221. The zero-order valence-corrected chi connectivity index (χ0v) is 11.0. The van der Waals surface area contributed by atoms with Crippen molar-refractivity contribution in [1.82, 2.24) is 10.1 Å². The fraction of sp³-hybridized carbons (Fsp3) is 0.100. The van der Waals surface area contributed by atoms with Crippen LogP contribution in [0, 0.1) is 0 Å². The summed E-state index contributed by atoms with van der Waals surface area (Å²) in [6.45, 7) is 0. The van der Waals surface area contributed by atoms with Crippen molar-refractivity contribution in [2.24, 2.45) is 5.73 Å². The Morgan fingerprint density at radius 2 is 1.89 bits per heavy atom. The average molecular weight is 307 g/mol. The van der Waals surface area contributed by atoms with Crippen LogP contribution in [0.1, 0.15) is 16.5 Å². The number of benzene rings is 1. The number of halogens is 3. The first-order chi connectivity index (χ1) is 8.38. The molecule has 1 aromatic heterocycles. The lowest BCUT2D eigenvalue weighted by atomic mass is 10.6. The highest BCUT2D eigenvalue weighted by Gasteiger charge is 2.30. The number of carbonyl (C=O) groups is 1. The molecule has 1 aromatic rings. The standard InChI is InChI=1S/C6H4.C4H2Cl3N3O2/c1-2-5-4-6(5)3-1;5-4(6,7)3-9-2(1(8)11)12-10-3/h1-4H;(H2,8,11). The molecular formula is C10H6Cl3N3O2. The predicted octanol–water partition coefficient (Wildman–Crippen LogP) is 2.66. The summed E-state index contributed by atoms with van der Waals surface area (Å²) in [6, 6.07) is 8.48. The number of primary amides is 1. The Labute approximate surface area is 117 Å². The Hall–Kier alpha value is -1.30. The van der Waals surface area contributed by atoms with E-state index in [0.717, 1.165) is 0 Å². The summed E-state index contributed by atoms with van der Waals surface area (Å²) in [6.07, 6.45) is 0. The van der Waals surface area contributed by atoms with E-state index in [1.54, 1.807) is 0 Å². The molecule has 0 spiro atoms. The fourth-order valence-electron chi connectivity index (χ4n) is 1.11. The largest absolute Gasteiger partial charge is 0.361 e. The van der Waals surface area contributed by atoms with Crippen LogP contribution in [0.25, 0.3) is 11.1 Å². The van der Waals surface area contributed by atoms with Crippen LogP contribution < -0.4 is 5.73 Å². The highest BCUT2D eigenvalue weighted by atomic mass is 35.6. The quantitative estimate of drug-likeness (QED) is 0.701. The monoisotopic (exact) mass is 305 g/mol. The van der Waals surface area contributed by atoms with Crippen LogP contribution in [-0.2, 0) is 3.79 Å². The second kappa shape index (κ2) is 4.76. The Morgan fingerprint density at radius 1 is 1.28 bits per heavy atom. The lowest BCUT2D eigenvalue weighted by Gasteiger charge is -2.01. The second-order valence-electron chi connectivity index (χ2n) is 3.37. The number of hydrogen-bond donors (Lipinski definition) is 1. The highest BCUT2D eigenvalue weighted by Crippen LogP contribution is 2.35. The zero-order chi connectivity index (χ0) is 13.3. The van der Waals surface area contributed by atoms with Gasteiger partial charge >= 0.3 is 11.8 Å². The van der Waals surface area contributed by atoms with Crippen molar-refractivity contribution in [2.45, 2.75) is 3.79 Å². The number of carbonyl (C=O) groups excluding carboxylic acids is 1. The number of nitrogens with two attached hydrogens (primary N) is 1. The fourth-order valence-corrected chi connectivity index (χ4v) is 1.34.